The maximum Gasteiger partial charge on any atom is 0.416 e. The lowest BCUT2D eigenvalue weighted by atomic mass is 9.88. The molecule has 12 heteroatoms. The Morgan fingerprint density at radius 1 is 1.18 bits per heavy atom. The fourth-order valence-electron chi connectivity index (χ4n) is 4.68. The van der Waals surface area contributed by atoms with Gasteiger partial charge in [-0.1, -0.05) is 18.2 Å². The summed E-state index contributed by atoms with van der Waals surface area (Å²) in [6.45, 7) is 4.60. The zero-order valence-corrected chi connectivity index (χ0v) is 22.3. The Kier molecular flexibility index (Phi) is 8.29. The predicted molar refractivity (Wildman–Crippen MR) is 142 cm³/mol. The minimum atomic E-state index is -4.51. The number of nitrogens with zero attached hydrogens (tertiary/aromatic N) is 3. The molecule has 0 amide bonds. The van der Waals surface area contributed by atoms with Crippen LogP contribution in [0.15, 0.2) is 70.3 Å². The first-order chi connectivity index (χ1) is 19.2. The van der Waals surface area contributed by atoms with E-state index in [1.54, 1.807) is 18.5 Å². The van der Waals surface area contributed by atoms with E-state index in [-0.39, 0.29) is 12.2 Å². The van der Waals surface area contributed by atoms with Gasteiger partial charge in [-0.15, -0.1) is 11.3 Å². The van der Waals surface area contributed by atoms with Crippen molar-refractivity contribution in [1.82, 2.24) is 15.2 Å². The van der Waals surface area contributed by atoms with Crippen LogP contribution in [-0.4, -0.2) is 61.1 Å². The second-order valence-electron chi connectivity index (χ2n) is 9.15. The number of esters is 1. The van der Waals surface area contributed by atoms with Crippen molar-refractivity contribution in [1.29, 1.82) is 0 Å². The van der Waals surface area contributed by atoms with E-state index in [2.05, 4.69) is 15.2 Å². The minimum Gasteiger partial charge on any atom is -0.463 e. The third kappa shape index (κ3) is 6.08. The van der Waals surface area contributed by atoms with Crippen molar-refractivity contribution in [2.45, 2.75) is 19.1 Å². The van der Waals surface area contributed by atoms with Crippen LogP contribution >= 0.6 is 11.3 Å². The molecule has 0 spiro atoms. The lowest BCUT2D eigenvalue weighted by Crippen LogP contribution is -2.43. The summed E-state index contributed by atoms with van der Waals surface area (Å²) in [5, 5.41) is 5.67. The van der Waals surface area contributed by atoms with Gasteiger partial charge < -0.3 is 14.8 Å². The van der Waals surface area contributed by atoms with Crippen LogP contribution in [0.2, 0.25) is 0 Å². The van der Waals surface area contributed by atoms with Crippen molar-refractivity contribution in [3.63, 3.8) is 0 Å². The maximum atomic E-state index is 14.6. The Hall–Kier alpha value is -3.61. The SMILES string of the molecule is CCOC(=O)C1=C(CN2CCOCC2)NC(c2nccs2)=NC1c1ccc(F)cc1-c1ccc(C(F)(F)F)cc1. The van der Waals surface area contributed by atoms with Crippen LogP contribution in [0.4, 0.5) is 17.6 Å². The van der Waals surface area contributed by atoms with Gasteiger partial charge in [0.05, 0.1) is 31.0 Å². The number of benzene rings is 2. The minimum absolute atomic E-state index is 0.123. The molecular weight excluding hydrogens is 548 g/mol. The number of aromatic nitrogens is 1. The van der Waals surface area contributed by atoms with E-state index in [0.29, 0.717) is 66.1 Å². The first-order valence-electron chi connectivity index (χ1n) is 12.7. The van der Waals surface area contributed by atoms with E-state index in [1.807, 2.05) is 0 Å². The van der Waals surface area contributed by atoms with E-state index >= 15 is 0 Å². The van der Waals surface area contributed by atoms with E-state index in [0.717, 1.165) is 12.1 Å². The molecule has 0 bridgehead atoms. The summed E-state index contributed by atoms with van der Waals surface area (Å²) in [7, 11) is 0. The summed E-state index contributed by atoms with van der Waals surface area (Å²) >= 11 is 1.36. The summed E-state index contributed by atoms with van der Waals surface area (Å²) in [6.07, 6.45) is -2.88. The smallest absolute Gasteiger partial charge is 0.416 e. The first-order valence-corrected chi connectivity index (χ1v) is 13.5. The lowest BCUT2D eigenvalue weighted by molar-refractivity contribution is -0.139. The van der Waals surface area contributed by atoms with Crippen molar-refractivity contribution in [3.8, 4) is 11.1 Å². The zero-order valence-electron chi connectivity index (χ0n) is 21.5. The molecule has 1 fully saturated rings. The average Bonchev–Trinajstić information content (AvgIpc) is 3.48. The van der Waals surface area contributed by atoms with E-state index < -0.39 is 29.6 Å². The van der Waals surface area contributed by atoms with Gasteiger partial charge in [0.25, 0.3) is 0 Å². The van der Waals surface area contributed by atoms with E-state index in [4.69, 9.17) is 14.5 Å². The van der Waals surface area contributed by atoms with Crippen molar-refractivity contribution >= 4 is 23.1 Å². The number of thiazole rings is 1. The van der Waals surface area contributed by atoms with Gasteiger partial charge in [-0.3, -0.25) is 9.89 Å². The van der Waals surface area contributed by atoms with Crippen LogP contribution in [-0.2, 0) is 20.4 Å². The molecule has 3 heterocycles. The van der Waals surface area contributed by atoms with Crippen molar-refractivity contribution < 1.29 is 31.8 Å². The molecule has 40 heavy (non-hydrogen) atoms. The topological polar surface area (TPSA) is 76.0 Å². The van der Waals surface area contributed by atoms with Crippen LogP contribution in [0.25, 0.3) is 11.1 Å². The predicted octanol–water partition coefficient (Wildman–Crippen LogP) is 5.21. The van der Waals surface area contributed by atoms with Gasteiger partial charge in [-0.25, -0.2) is 14.2 Å². The quantitative estimate of drug-likeness (QED) is 0.309. The monoisotopic (exact) mass is 574 g/mol. The first kappa shape index (κ1) is 27.9. The van der Waals surface area contributed by atoms with Gasteiger partial charge >= 0.3 is 12.1 Å². The van der Waals surface area contributed by atoms with Gasteiger partial charge in [0.15, 0.2) is 10.8 Å². The molecular formula is C28H26F4N4O3S. The molecule has 1 unspecified atom stereocenters. The number of hydrogen-bond acceptors (Lipinski definition) is 8. The molecule has 1 saturated heterocycles. The Labute approximate surface area is 232 Å². The number of morpholine rings is 1. The van der Waals surface area contributed by atoms with Crippen molar-refractivity contribution in [2.24, 2.45) is 4.99 Å². The number of ether oxygens (including phenoxy) is 2. The van der Waals surface area contributed by atoms with Crippen LogP contribution in [0.5, 0.6) is 0 Å². The molecule has 7 nitrogen and oxygen atoms in total. The molecule has 1 N–H and O–H groups in total. The molecule has 0 aliphatic carbocycles. The van der Waals surface area contributed by atoms with Crippen LogP contribution < -0.4 is 5.32 Å². The van der Waals surface area contributed by atoms with Crippen LogP contribution in [0.1, 0.15) is 29.1 Å². The molecule has 3 aromatic rings. The average molecular weight is 575 g/mol. The summed E-state index contributed by atoms with van der Waals surface area (Å²) in [5.74, 6) is -0.737. The Balaban J connectivity index is 1.66. The number of carbonyl (C=O) groups is 1. The largest absolute Gasteiger partial charge is 0.463 e. The molecule has 2 aromatic carbocycles. The molecule has 5 rings (SSSR count). The highest BCUT2D eigenvalue weighted by Gasteiger charge is 2.35. The number of halogens is 4. The highest BCUT2D eigenvalue weighted by Crippen LogP contribution is 2.40. The number of hydrogen-bond donors (Lipinski definition) is 1. The molecule has 0 radical (unpaired) electrons. The summed E-state index contributed by atoms with van der Waals surface area (Å²) in [6, 6.07) is 7.52. The van der Waals surface area contributed by atoms with Gasteiger partial charge in [0, 0.05) is 36.9 Å². The Bertz CT molecular complexity index is 1420. The molecule has 1 aromatic heterocycles. The number of nitrogens with one attached hydrogen (secondary N) is 1. The maximum absolute atomic E-state index is 14.6. The summed E-state index contributed by atoms with van der Waals surface area (Å²) < 4.78 is 65.2. The fraction of sp³-hybridized carbons (Fsp3) is 0.321. The van der Waals surface area contributed by atoms with E-state index in [1.165, 1.54) is 41.7 Å². The molecule has 210 valence electrons. The van der Waals surface area contributed by atoms with Crippen molar-refractivity contribution in [2.75, 3.05) is 39.5 Å². The number of rotatable bonds is 7. The third-order valence-corrected chi connectivity index (χ3v) is 7.35. The second kappa shape index (κ2) is 11.9. The second-order valence-corrected chi connectivity index (χ2v) is 10.0. The number of aliphatic imine (C=N–C) groups is 1. The van der Waals surface area contributed by atoms with Gasteiger partial charge in [-0.2, -0.15) is 13.2 Å². The number of carbonyl (C=O) groups excluding carboxylic acids is 1. The normalized spacial score (nSPS) is 18.3. The third-order valence-electron chi connectivity index (χ3n) is 6.57. The Morgan fingerprint density at radius 2 is 1.93 bits per heavy atom. The molecule has 2 aliphatic rings. The van der Waals surface area contributed by atoms with Gasteiger partial charge in [-0.05, 0) is 47.9 Å². The Morgan fingerprint density at radius 3 is 2.58 bits per heavy atom. The highest BCUT2D eigenvalue weighted by molar-refractivity contribution is 7.11. The number of alkyl halides is 3. The summed E-state index contributed by atoms with van der Waals surface area (Å²) in [5.41, 5.74) is 1.10. The van der Waals surface area contributed by atoms with Gasteiger partial charge in [0.1, 0.15) is 11.9 Å². The molecule has 0 saturated carbocycles. The standard InChI is InChI=1S/C28H26F4N4O3S/c1-2-39-27(37)23-22(16-36-10-12-38-13-11-36)34-25(26-33-9-14-40-26)35-24(23)20-8-7-19(29)15-21(20)17-3-5-18(6-4-17)28(30,31)32/h3-9,14-15,24H,2,10-13,16H2,1H3,(H,34,35). The van der Waals surface area contributed by atoms with Crippen LogP contribution in [0.3, 0.4) is 0 Å². The van der Waals surface area contributed by atoms with Crippen LogP contribution in [0, 0.1) is 5.82 Å². The number of amidine groups is 1. The van der Waals surface area contributed by atoms with E-state index in [9.17, 15) is 22.4 Å². The van der Waals surface area contributed by atoms with Crippen molar-refractivity contribution in [3.05, 3.63) is 87.3 Å². The zero-order chi connectivity index (χ0) is 28.3. The summed E-state index contributed by atoms with van der Waals surface area (Å²) in [4.78, 5) is 24.8. The fourth-order valence-corrected chi connectivity index (χ4v) is 5.27. The molecule has 2 aliphatic heterocycles. The van der Waals surface area contributed by atoms with Gasteiger partial charge in [0.2, 0.25) is 0 Å². The molecule has 1 atom stereocenters. The lowest BCUT2D eigenvalue weighted by Gasteiger charge is -2.32. The highest BCUT2D eigenvalue weighted by atomic mass is 32.1.